The second-order valence-electron chi connectivity index (χ2n) is 3.85. The van der Waals surface area contributed by atoms with Crippen molar-refractivity contribution in [3.63, 3.8) is 0 Å². The molecule has 9 heteroatoms. The number of hydrogen-bond donors (Lipinski definition) is 1. The molecule has 1 N–H and O–H groups in total. The van der Waals surface area contributed by atoms with E-state index in [1.807, 2.05) is 0 Å². The van der Waals surface area contributed by atoms with Crippen molar-refractivity contribution in [2.75, 3.05) is 11.6 Å². The van der Waals surface area contributed by atoms with E-state index in [0.717, 1.165) is 18.5 Å². The van der Waals surface area contributed by atoms with E-state index in [1.165, 1.54) is 12.1 Å². The molecule has 0 unspecified atom stereocenters. The Morgan fingerprint density at radius 1 is 1.30 bits per heavy atom. The summed E-state index contributed by atoms with van der Waals surface area (Å²) in [5.74, 6) is -1.94. The predicted octanol–water partition coefficient (Wildman–Crippen LogP) is 2.56. The Morgan fingerprint density at radius 3 is 2.60 bits per heavy atom. The van der Waals surface area contributed by atoms with Gasteiger partial charge in [0.05, 0.1) is 11.9 Å². The van der Waals surface area contributed by atoms with Crippen molar-refractivity contribution < 1.29 is 17.2 Å². The lowest BCUT2D eigenvalue weighted by Crippen LogP contribution is -2.05. The molecule has 2 rings (SSSR count). The first-order valence-corrected chi connectivity index (χ1v) is 7.49. The van der Waals surface area contributed by atoms with Crippen molar-refractivity contribution in [1.29, 1.82) is 0 Å². The van der Waals surface area contributed by atoms with Gasteiger partial charge >= 0.3 is 0 Å². The minimum atomic E-state index is -3.71. The van der Waals surface area contributed by atoms with Crippen molar-refractivity contribution in [3.05, 3.63) is 41.2 Å². The Bertz CT molecular complexity index is 768. The van der Waals surface area contributed by atoms with Gasteiger partial charge in [0.1, 0.15) is 4.90 Å². The molecule has 0 aliphatic rings. The zero-order valence-electron chi connectivity index (χ0n) is 10.1. The molecule has 0 saturated heterocycles. The highest BCUT2D eigenvalue weighted by Crippen LogP contribution is 2.24. The number of rotatable bonds is 3. The summed E-state index contributed by atoms with van der Waals surface area (Å²) in [6.07, 6.45) is 1.70. The van der Waals surface area contributed by atoms with Crippen LogP contribution in [0.5, 0.6) is 0 Å². The lowest BCUT2D eigenvalue weighted by Gasteiger charge is -2.08. The lowest BCUT2D eigenvalue weighted by molar-refractivity contribution is 0.573. The second-order valence-corrected chi connectivity index (χ2v) is 6.19. The Balaban J connectivity index is 2.42. The maximum absolute atomic E-state index is 14.0. The van der Waals surface area contributed by atoms with Crippen LogP contribution in [0.2, 0.25) is 5.15 Å². The number of aromatic nitrogens is 2. The van der Waals surface area contributed by atoms with Gasteiger partial charge in [0.25, 0.3) is 0 Å². The van der Waals surface area contributed by atoms with Gasteiger partial charge in [-0.05, 0) is 12.1 Å². The number of halogens is 3. The van der Waals surface area contributed by atoms with E-state index in [1.54, 1.807) is 0 Å². The quantitative estimate of drug-likeness (QED) is 0.880. The molecule has 2 aromatic rings. The fourth-order valence-corrected chi connectivity index (χ4v) is 2.31. The molecule has 5 nitrogen and oxygen atoms in total. The minimum Gasteiger partial charge on any atom is -0.322 e. The molecule has 1 aromatic heterocycles. The molecule has 1 aromatic carbocycles. The zero-order valence-corrected chi connectivity index (χ0v) is 11.6. The fraction of sp³-hybridized carbons (Fsp3) is 0.0909. The van der Waals surface area contributed by atoms with Crippen LogP contribution in [0.4, 0.5) is 20.4 Å². The first kappa shape index (κ1) is 14.6. The summed E-state index contributed by atoms with van der Waals surface area (Å²) in [5, 5.41) is 2.01. The van der Waals surface area contributed by atoms with Gasteiger partial charge in [0.2, 0.25) is 5.95 Å². The van der Waals surface area contributed by atoms with Gasteiger partial charge in [-0.3, -0.25) is 0 Å². The Morgan fingerprint density at radius 2 is 2.00 bits per heavy atom. The van der Waals surface area contributed by atoms with Crippen LogP contribution in [-0.4, -0.2) is 24.6 Å². The highest BCUT2D eigenvalue weighted by Gasteiger charge is 2.17. The van der Waals surface area contributed by atoms with Crippen LogP contribution in [0.25, 0.3) is 0 Å². The third-order valence-electron chi connectivity index (χ3n) is 2.31. The van der Waals surface area contributed by atoms with Crippen LogP contribution in [0.15, 0.2) is 29.3 Å². The summed E-state index contributed by atoms with van der Waals surface area (Å²) in [4.78, 5) is 6.66. The SMILES string of the molecule is CS(=O)(=O)c1cccc(Nc2ncc(F)c(Cl)n2)c1F. The molecule has 0 fully saturated rings. The molecule has 0 atom stereocenters. The molecule has 0 radical (unpaired) electrons. The Kier molecular flexibility index (Phi) is 3.87. The van der Waals surface area contributed by atoms with Gasteiger partial charge in [-0.1, -0.05) is 17.7 Å². The van der Waals surface area contributed by atoms with Crippen molar-refractivity contribution in [1.82, 2.24) is 9.97 Å². The standard InChI is InChI=1S/C11H8ClF2N3O2S/c1-20(18,19)8-4-2-3-7(9(8)14)16-11-15-5-6(13)10(12)17-11/h2-5H,1H3,(H,15,16,17). The van der Waals surface area contributed by atoms with Crippen molar-refractivity contribution in [3.8, 4) is 0 Å². The molecule has 0 aliphatic carbocycles. The van der Waals surface area contributed by atoms with Crippen LogP contribution in [0.1, 0.15) is 0 Å². The molecule has 1 heterocycles. The molecular formula is C11H8ClF2N3O2S. The van der Waals surface area contributed by atoms with Gasteiger partial charge in [0.15, 0.2) is 26.6 Å². The van der Waals surface area contributed by atoms with Crippen LogP contribution in [-0.2, 0) is 9.84 Å². The molecule has 0 aliphatic heterocycles. The lowest BCUT2D eigenvalue weighted by atomic mass is 10.3. The highest BCUT2D eigenvalue weighted by molar-refractivity contribution is 7.90. The first-order valence-electron chi connectivity index (χ1n) is 5.22. The number of sulfone groups is 1. The summed E-state index contributed by atoms with van der Waals surface area (Å²) in [6, 6.07) is 3.78. The summed E-state index contributed by atoms with van der Waals surface area (Å²) in [7, 11) is -3.71. The van der Waals surface area contributed by atoms with E-state index >= 15 is 0 Å². The van der Waals surface area contributed by atoms with E-state index in [9.17, 15) is 17.2 Å². The smallest absolute Gasteiger partial charge is 0.228 e. The summed E-state index contributed by atoms with van der Waals surface area (Å²) >= 11 is 5.47. The van der Waals surface area contributed by atoms with E-state index in [2.05, 4.69) is 15.3 Å². The monoisotopic (exact) mass is 319 g/mol. The van der Waals surface area contributed by atoms with Gasteiger partial charge in [0, 0.05) is 6.26 Å². The second kappa shape index (κ2) is 5.29. The minimum absolute atomic E-state index is 0.152. The number of anilines is 2. The van der Waals surface area contributed by atoms with Gasteiger partial charge in [-0.2, -0.15) is 4.98 Å². The summed E-state index contributed by atoms with van der Waals surface area (Å²) in [6.45, 7) is 0. The average molecular weight is 320 g/mol. The van der Waals surface area contributed by atoms with Crippen LogP contribution < -0.4 is 5.32 Å². The average Bonchev–Trinajstić information content (AvgIpc) is 2.35. The van der Waals surface area contributed by atoms with E-state index in [4.69, 9.17) is 11.6 Å². The van der Waals surface area contributed by atoms with Crippen molar-refractivity contribution >= 4 is 33.1 Å². The third kappa shape index (κ3) is 3.02. The highest BCUT2D eigenvalue weighted by atomic mass is 35.5. The number of nitrogens with zero attached hydrogens (tertiary/aromatic N) is 2. The first-order chi connectivity index (χ1) is 9.29. The van der Waals surface area contributed by atoms with Gasteiger partial charge < -0.3 is 5.32 Å². The fourth-order valence-electron chi connectivity index (χ4n) is 1.42. The Hall–Kier alpha value is -1.80. The van der Waals surface area contributed by atoms with Gasteiger partial charge in [-0.15, -0.1) is 0 Å². The molecule has 0 spiro atoms. The predicted molar refractivity (Wildman–Crippen MR) is 69.8 cm³/mol. The van der Waals surface area contributed by atoms with Crippen LogP contribution in [0.3, 0.4) is 0 Å². The van der Waals surface area contributed by atoms with E-state index < -0.39 is 31.5 Å². The van der Waals surface area contributed by atoms with E-state index in [0.29, 0.717) is 0 Å². The molecule has 0 bridgehead atoms. The Labute approximate surface area is 118 Å². The largest absolute Gasteiger partial charge is 0.322 e. The maximum atomic E-state index is 14.0. The van der Waals surface area contributed by atoms with E-state index in [-0.39, 0.29) is 11.6 Å². The molecule has 0 amide bonds. The summed E-state index contributed by atoms with van der Waals surface area (Å²) < 4.78 is 49.7. The van der Waals surface area contributed by atoms with Crippen LogP contribution in [0, 0.1) is 11.6 Å². The third-order valence-corrected chi connectivity index (χ3v) is 3.69. The van der Waals surface area contributed by atoms with Crippen molar-refractivity contribution in [2.45, 2.75) is 4.90 Å². The van der Waals surface area contributed by atoms with Crippen molar-refractivity contribution in [2.24, 2.45) is 0 Å². The number of nitrogens with one attached hydrogen (secondary N) is 1. The molecular weight excluding hydrogens is 312 g/mol. The summed E-state index contributed by atoms with van der Waals surface area (Å²) in [5.41, 5.74) is -0.157. The molecule has 0 saturated carbocycles. The number of hydrogen-bond acceptors (Lipinski definition) is 5. The normalized spacial score (nSPS) is 11.4. The van der Waals surface area contributed by atoms with Crippen LogP contribution >= 0.6 is 11.6 Å². The zero-order chi connectivity index (χ0) is 14.9. The van der Waals surface area contributed by atoms with Gasteiger partial charge in [-0.25, -0.2) is 22.2 Å². The molecule has 106 valence electrons. The maximum Gasteiger partial charge on any atom is 0.228 e. The molecule has 20 heavy (non-hydrogen) atoms. The topological polar surface area (TPSA) is 72.0 Å². The number of benzene rings is 1.